The Morgan fingerprint density at radius 3 is 2.54 bits per heavy atom. The number of nitrogens with zero attached hydrogens (tertiary/aromatic N) is 2. The van der Waals surface area contributed by atoms with Crippen LogP contribution in [0.15, 0.2) is 47.0 Å². The number of hydrogen-bond donors (Lipinski definition) is 2. The highest BCUT2D eigenvalue weighted by Gasteiger charge is 2.76. The molecule has 3 amide bonds. The molecular formula is C29H34N4O6. The number of anilines is 1. The number of carbonyl (C=O) groups is 3. The molecule has 4 heterocycles. The predicted octanol–water partition coefficient (Wildman–Crippen LogP) is 3.12. The Bertz CT molecular complexity index is 1320. The maximum absolute atomic E-state index is 14.2. The number of nitrogens with one attached hydrogen (secondary N) is 2. The molecule has 0 radical (unpaired) electrons. The van der Waals surface area contributed by atoms with Crippen LogP contribution < -0.4 is 15.4 Å². The normalized spacial score (nSPS) is 31.4. The average molecular weight is 535 g/mol. The van der Waals surface area contributed by atoms with E-state index in [2.05, 4.69) is 15.8 Å². The van der Waals surface area contributed by atoms with Crippen LogP contribution in [0.25, 0.3) is 0 Å². The predicted molar refractivity (Wildman–Crippen MR) is 141 cm³/mol. The smallest absolute Gasteiger partial charge is 0.246 e. The van der Waals surface area contributed by atoms with Gasteiger partial charge in [-0.05, 0) is 44.4 Å². The fraction of sp³-hybridized carbons (Fsp3) is 0.517. The second-order valence-electron chi connectivity index (χ2n) is 11.3. The summed E-state index contributed by atoms with van der Waals surface area (Å²) in [5, 5.41) is 9.88. The molecule has 39 heavy (non-hydrogen) atoms. The molecule has 0 unspecified atom stereocenters. The van der Waals surface area contributed by atoms with Crippen molar-refractivity contribution in [2.75, 3.05) is 12.4 Å². The molecule has 2 bridgehead atoms. The molecule has 1 aromatic heterocycles. The number of ether oxygens (including phenoxy) is 2. The molecule has 4 aliphatic rings. The van der Waals surface area contributed by atoms with Crippen LogP contribution in [0.1, 0.15) is 50.4 Å². The van der Waals surface area contributed by atoms with E-state index in [0.29, 0.717) is 11.5 Å². The number of methoxy groups -OCH3 is 1. The molecule has 2 N–H and O–H groups in total. The Labute approximate surface area is 227 Å². The van der Waals surface area contributed by atoms with E-state index in [4.69, 9.17) is 14.0 Å². The third kappa shape index (κ3) is 4.21. The molecule has 1 saturated carbocycles. The Morgan fingerprint density at radius 1 is 1.13 bits per heavy atom. The Morgan fingerprint density at radius 2 is 1.87 bits per heavy atom. The third-order valence-electron chi connectivity index (χ3n) is 8.67. The monoisotopic (exact) mass is 534 g/mol. The lowest BCUT2D eigenvalue weighted by Gasteiger charge is -2.34. The van der Waals surface area contributed by atoms with Crippen LogP contribution in [0, 0.1) is 18.8 Å². The molecule has 1 aromatic carbocycles. The SMILES string of the molecule is COc1ccc(CN2C(=O)[C@@H]3[C@H](C(=O)Nc4cc(C)on4)[C@@]4(C)C=C[C@@]3(O4)[C@@H]2C(=O)NC2CCCCC2)cc1. The van der Waals surface area contributed by atoms with Gasteiger partial charge in [0.1, 0.15) is 23.2 Å². The van der Waals surface area contributed by atoms with E-state index in [1.807, 2.05) is 36.4 Å². The minimum Gasteiger partial charge on any atom is -0.497 e. The quantitative estimate of drug-likeness (QED) is 0.523. The number of amides is 3. The van der Waals surface area contributed by atoms with Crippen molar-refractivity contribution in [2.24, 2.45) is 11.8 Å². The van der Waals surface area contributed by atoms with E-state index >= 15 is 0 Å². The highest BCUT2D eigenvalue weighted by atomic mass is 16.5. The highest BCUT2D eigenvalue weighted by molar-refractivity contribution is 6.03. The van der Waals surface area contributed by atoms with Crippen LogP contribution in [-0.2, 0) is 25.7 Å². The first-order valence-electron chi connectivity index (χ1n) is 13.6. The van der Waals surface area contributed by atoms with Crippen LogP contribution in [0.3, 0.4) is 0 Å². The summed E-state index contributed by atoms with van der Waals surface area (Å²) in [5.74, 6) is -1.10. The van der Waals surface area contributed by atoms with E-state index in [9.17, 15) is 14.4 Å². The number of carbonyl (C=O) groups excluding carboxylic acids is 3. The molecule has 2 aromatic rings. The van der Waals surface area contributed by atoms with Crippen molar-refractivity contribution in [2.45, 2.75) is 75.8 Å². The summed E-state index contributed by atoms with van der Waals surface area (Å²) in [4.78, 5) is 43.4. The fourth-order valence-corrected chi connectivity index (χ4v) is 6.88. The lowest BCUT2D eigenvalue weighted by atomic mass is 9.70. The van der Waals surface area contributed by atoms with Crippen molar-refractivity contribution in [3.63, 3.8) is 0 Å². The average Bonchev–Trinajstić information content (AvgIpc) is 3.62. The van der Waals surface area contributed by atoms with Crippen molar-refractivity contribution in [3.05, 3.63) is 53.8 Å². The van der Waals surface area contributed by atoms with Gasteiger partial charge in [-0.15, -0.1) is 0 Å². The maximum atomic E-state index is 14.2. The van der Waals surface area contributed by atoms with Crippen molar-refractivity contribution >= 4 is 23.5 Å². The summed E-state index contributed by atoms with van der Waals surface area (Å²) in [6.07, 6.45) is 8.78. The van der Waals surface area contributed by atoms with E-state index in [1.54, 1.807) is 31.9 Å². The summed E-state index contributed by atoms with van der Waals surface area (Å²) in [7, 11) is 1.59. The highest BCUT2D eigenvalue weighted by Crippen LogP contribution is 2.60. The van der Waals surface area contributed by atoms with Gasteiger partial charge in [-0.3, -0.25) is 14.4 Å². The lowest BCUT2D eigenvalue weighted by Crippen LogP contribution is -2.56. The number of benzene rings is 1. The van der Waals surface area contributed by atoms with Crippen LogP contribution in [0.2, 0.25) is 0 Å². The molecule has 10 heteroatoms. The van der Waals surface area contributed by atoms with Gasteiger partial charge in [0, 0.05) is 18.7 Å². The number of fused-ring (bicyclic) bond motifs is 1. The van der Waals surface area contributed by atoms with Crippen LogP contribution >= 0.6 is 0 Å². The molecule has 1 aliphatic carbocycles. The number of aryl methyl sites for hydroxylation is 1. The summed E-state index contributed by atoms with van der Waals surface area (Å²) >= 11 is 0. The summed E-state index contributed by atoms with van der Waals surface area (Å²) < 4.78 is 17.0. The van der Waals surface area contributed by atoms with Crippen molar-refractivity contribution in [3.8, 4) is 5.75 Å². The van der Waals surface area contributed by atoms with Crippen molar-refractivity contribution in [1.82, 2.24) is 15.4 Å². The molecular weight excluding hydrogens is 500 g/mol. The number of aromatic nitrogens is 1. The van der Waals surface area contributed by atoms with Gasteiger partial charge in [0.15, 0.2) is 5.82 Å². The summed E-state index contributed by atoms with van der Waals surface area (Å²) in [6, 6.07) is 8.17. The first kappa shape index (κ1) is 25.6. The molecule has 2 saturated heterocycles. The lowest BCUT2D eigenvalue weighted by molar-refractivity contribution is -0.145. The summed E-state index contributed by atoms with van der Waals surface area (Å²) in [6.45, 7) is 3.73. The molecule has 1 spiro atoms. The van der Waals surface area contributed by atoms with E-state index in [1.165, 1.54) is 0 Å². The van der Waals surface area contributed by atoms with Gasteiger partial charge in [-0.2, -0.15) is 0 Å². The zero-order valence-corrected chi connectivity index (χ0v) is 22.4. The van der Waals surface area contributed by atoms with Gasteiger partial charge in [0.05, 0.1) is 24.5 Å². The van der Waals surface area contributed by atoms with E-state index in [0.717, 1.165) is 37.7 Å². The first-order valence-corrected chi connectivity index (χ1v) is 13.6. The van der Waals surface area contributed by atoms with Crippen LogP contribution in [-0.4, -0.2) is 58.2 Å². The minimum atomic E-state index is -1.25. The minimum absolute atomic E-state index is 0.0623. The van der Waals surface area contributed by atoms with Crippen molar-refractivity contribution < 1.29 is 28.4 Å². The summed E-state index contributed by atoms with van der Waals surface area (Å²) in [5.41, 5.74) is -1.45. The number of rotatable bonds is 7. The molecule has 10 nitrogen and oxygen atoms in total. The maximum Gasteiger partial charge on any atom is 0.246 e. The van der Waals surface area contributed by atoms with Gasteiger partial charge in [0.2, 0.25) is 17.7 Å². The first-order chi connectivity index (χ1) is 18.7. The standard InChI is InChI=1S/C29H34N4O6/c1-17-15-21(32-38-17)31-25(34)22-23-27(36)33(16-18-9-11-20(37-3)12-10-18)24(29(23)14-13-28(22,2)39-29)26(35)30-19-7-5-4-6-8-19/h9-15,19,22-24H,4-8,16H2,1-3H3,(H,30,35)(H,31,32,34)/t22-,23+,24+,28-,29+/m1/s1. The largest absolute Gasteiger partial charge is 0.497 e. The molecule has 206 valence electrons. The Kier molecular flexibility index (Phi) is 6.25. The van der Waals surface area contributed by atoms with Crippen molar-refractivity contribution in [1.29, 1.82) is 0 Å². The zero-order valence-electron chi connectivity index (χ0n) is 22.4. The molecule has 5 atom stereocenters. The van der Waals surface area contributed by atoms with Gasteiger partial charge in [-0.25, -0.2) is 0 Å². The van der Waals surface area contributed by atoms with Gasteiger partial charge in [-0.1, -0.05) is 48.7 Å². The van der Waals surface area contributed by atoms with Gasteiger partial charge >= 0.3 is 0 Å². The molecule has 3 fully saturated rings. The van der Waals surface area contributed by atoms with E-state index in [-0.39, 0.29) is 30.2 Å². The second kappa shape index (κ2) is 9.51. The zero-order chi connectivity index (χ0) is 27.4. The fourth-order valence-electron chi connectivity index (χ4n) is 6.88. The second-order valence-corrected chi connectivity index (χ2v) is 11.3. The molecule has 3 aliphatic heterocycles. The van der Waals surface area contributed by atoms with Gasteiger partial charge in [0.25, 0.3) is 0 Å². The van der Waals surface area contributed by atoms with Gasteiger partial charge < -0.3 is 29.5 Å². The Hall–Kier alpha value is -3.66. The third-order valence-corrected chi connectivity index (χ3v) is 8.67. The Balaban J connectivity index is 1.35. The van der Waals surface area contributed by atoms with Crippen LogP contribution in [0.4, 0.5) is 5.82 Å². The van der Waals surface area contributed by atoms with E-state index < -0.39 is 35.0 Å². The topological polar surface area (TPSA) is 123 Å². The number of hydrogen-bond acceptors (Lipinski definition) is 7. The number of likely N-dealkylation sites (tertiary alicyclic amines) is 1. The van der Waals surface area contributed by atoms with Crippen LogP contribution in [0.5, 0.6) is 5.75 Å². The molecule has 6 rings (SSSR count).